The van der Waals surface area contributed by atoms with Crippen LogP contribution in [0.1, 0.15) is 6.92 Å². The van der Waals surface area contributed by atoms with Crippen LogP contribution < -0.4 is 0 Å². The van der Waals surface area contributed by atoms with Crippen molar-refractivity contribution in [1.29, 1.82) is 0 Å². The van der Waals surface area contributed by atoms with Crippen molar-refractivity contribution in [2.45, 2.75) is 13.5 Å². The van der Waals surface area contributed by atoms with Crippen molar-refractivity contribution in [3.63, 3.8) is 0 Å². The molecular weight excluding hydrogens is 296 g/mol. The molecule has 0 aliphatic heterocycles. The van der Waals surface area contributed by atoms with Gasteiger partial charge in [0.05, 0.1) is 31.9 Å². The molecule has 0 fully saturated rings. The quantitative estimate of drug-likeness (QED) is 0.738. The highest BCUT2D eigenvalue weighted by Gasteiger charge is 2.00. The van der Waals surface area contributed by atoms with Gasteiger partial charge in [0.2, 0.25) is 0 Å². The average molecular weight is 313 g/mol. The van der Waals surface area contributed by atoms with Gasteiger partial charge in [0.15, 0.2) is 0 Å². The molecule has 0 aliphatic carbocycles. The summed E-state index contributed by atoms with van der Waals surface area (Å²) in [4.78, 5) is 0. The minimum atomic E-state index is 0.639. The standard InChI is InChI=1S/C13H17BrN2O2/c1-2-17-7-8-18-6-5-16-10-11-9-12(14)3-4-13(11)15-16/h3-4,9-10H,2,5-8H2,1H3. The predicted molar refractivity (Wildman–Crippen MR) is 74.7 cm³/mol. The van der Waals surface area contributed by atoms with Gasteiger partial charge in [-0.05, 0) is 25.1 Å². The van der Waals surface area contributed by atoms with E-state index in [-0.39, 0.29) is 0 Å². The number of ether oxygens (including phenoxy) is 2. The molecule has 5 heteroatoms. The molecule has 0 spiro atoms. The maximum absolute atomic E-state index is 5.46. The smallest absolute Gasteiger partial charge is 0.0924 e. The zero-order valence-corrected chi connectivity index (χ0v) is 12.0. The molecule has 0 saturated heterocycles. The van der Waals surface area contributed by atoms with Gasteiger partial charge < -0.3 is 9.47 Å². The van der Waals surface area contributed by atoms with Crippen molar-refractivity contribution in [3.8, 4) is 0 Å². The molecule has 0 radical (unpaired) electrons. The van der Waals surface area contributed by atoms with E-state index in [9.17, 15) is 0 Å². The second kappa shape index (κ2) is 6.87. The lowest BCUT2D eigenvalue weighted by molar-refractivity contribution is 0.0488. The first-order valence-corrected chi connectivity index (χ1v) is 6.87. The summed E-state index contributed by atoms with van der Waals surface area (Å²) in [6.45, 7) is 5.43. The molecule has 18 heavy (non-hydrogen) atoms. The third kappa shape index (κ3) is 3.80. The molecule has 0 amide bonds. The van der Waals surface area contributed by atoms with Crippen molar-refractivity contribution in [1.82, 2.24) is 9.78 Å². The number of rotatable bonds is 7. The zero-order valence-electron chi connectivity index (χ0n) is 10.4. The van der Waals surface area contributed by atoms with Gasteiger partial charge in [-0.25, -0.2) is 0 Å². The van der Waals surface area contributed by atoms with Crippen LogP contribution >= 0.6 is 15.9 Å². The Bertz CT molecular complexity index is 499. The lowest BCUT2D eigenvalue weighted by Crippen LogP contribution is -2.10. The molecule has 0 atom stereocenters. The van der Waals surface area contributed by atoms with Crippen molar-refractivity contribution >= 4 is 26.8 Å². The lowest BCUT2D eigenvalue weighted by Gasteiger charge is -2.04. The summed E-state index contributed by atoms with van der Waals surface area (Å²) in [5, 5.41) is 5.61. The molecule has 0 bridgehead atoms. The number of fused-ring (bicyclic) bond motifs is 1. The molecule has 98 valence electrons. The van der Waals surface area contributed by atoms with Crippen LogP contribution in [-0.2, 0) is 16.0 Å². The maximum atomic E-state index is 5.46. The van der Waals surface area contributed by atoms with Gasteiger partial charge in [0.1, 0.15) is 0 Å². The molecule has 0 unspecified atom stereocenters. The Balaban J connectivity index is 1.81. The topological polar surface area (TPSA) is 36.3 Å². The predicted octanol–water partition coefficient (Wildman–Crippen LogP) is 2.85. The third-order valence-electron chi connectivity index (χ3n) is 2.55. The summed E-state index contributed by atoms with van der Waals surface area (Å²) < 4.78 is 13.6. The van der Waals surface area contributed by atoms with E-state index in [1.54, 1.807) is 0 Å². The van der Waals surface area contributed by atoms with Gasteiger partial charge in [-0.1, -0.05) is 15.9 Å². The summed E-state index contributed by atoms with van der Waals surface area (Å²) in [6, 6.07) is 6.07. The third-order valence-corrected chi connectivity index (χ3v) is 3.05. The maximum Gasteiger partial charge on any atom is 0.0924 e. The Morgan fingerprint density at radius 1 is 1.22 bits per heavy atom. The van der Waals surface area contributed by atoms with E-state index in [0.29, 0.717) is 19.8 Å². The van der Waals surface area contributed by atoms with Crippen molar-refractivity contribution in [3.05, 3.63) is 28.9 Å². The van der Waals surface area contributed by atoms with E-state index in [2.05, 4.69) is 27.1 Å². The normalized spacial score (nSPS) is 11.2. The van der Waals surface area contributed by atoms with Gasteiger partial charge in [-0.3, -0.25) is 4.68 Å². The first-order valence-electron chi connectivity index (χ1n) is 6.08. The van der Waals surface area contributed by atoms with Crippen LogP contribution in [0.4, 0.5) is 0 Å². The first-order chi connectivity index (χ1) is 8.79. The largest absolute Gasteiger partial charge is 0.379 e. The van der Waals surface area contributed by atoms with Crippen LogP contribution in [0, 0.1) is 0 Å². The summed E-state index contributed by atoms with van der Waals surface area (Å²) in [5.41, 5.74) is 1.01. The minimum Gasteiger partial charge on any atom is -0.379 e. The SMILES string of the molecule is CCOCCOCCn1cc2cc(Br)ccc2n1. The summed E-state index contributed by atoms with van der Waals surface area (Å²) >= 11 is 3.45. The monoisotopic (exact) mass is 312 g/mol. The zero-order chi connectivity index (χ0) is 12.8. The lowest BCUT2D eigenvalue weighted by atomic mass is 10.3. The van der Waals surface area contributed by atoms with Crippen LogP contribution in [-0.4, -0.2) is 36.2 Å². The first kappa shape index (κ1) is 13.5. The Morgan fingerprint density at radius 2 is 2.06 bits per heavy atom. The number of hydrogen-bond donors (Lipinski definition) is 0. The molecule has 0 saturated carbocycles. The Labute approximate surface area is 115 Å². The van der Waals surface area contributed by atoms with Gasteiger partial charge in [-0.2, -0.15) is 5.10 Å². The highest BCUT2D eigenvalue weighted by molar-refractivity contribution is 9.10. The molecule has 1 heterocycles. The summed E-state index contributed by atoms with van der Waals surface area (Å²) in [5.74, 6) is 0. The molecule has 0 aliphatic rings. The fourth-order valence-electron chi connectivity index (χ4n) is 1.68. The van der Waals surface area contributed by atoms with E-state index in [0.717, 1.165) is 28.5 Å². The van der Waals surface area contributed by atoms with Crippen molar-refractivity contribution in [2.24, 2.45) is 0 Å². The van der Waals surface area contributed by atoms with E-state index < -0.39 is 0 Å². The van der Waals surface area contributed by atoms with Crippen LogP contribution in [0.2, 0.25) is 0 Å². The molecule has 1 aromatic heterocycles. The second-order valence-corrected chi connectivity index (χ2v) is 4.82. The molecule has 1 aromatic carbocycles. The molecule has 4 nitrogen and oxygen atoms in total. The van der Waals surface area contributed by atoms with Crippen LogP contribution in [0.15, 0.2) is 28.9 Å². The average Bonchev–Trinajstić information content (AvgIpc) is 2.75. The fourth-order valence-corrected chi connectivity index (χ4v) is 2.06. The van der Waals surface area contributed by atoms with E-state index >= 15 is 0 Å². The molecular formula is C13H17BrN2O2. The number of benzene rings is 1. The Hall–Kier alpha value is -0.910. The highest BCUT2D eigenvalue weighted by atomic mass is 79.9. The molecule has 2 rings (SSSR count). The number of aromatic nitrogens is 2. The van der Waals surface area contributed by atoms with Crippen LogP contribution in [0.3, 0.4) is 0 Å². The molecule has 2 aromatic rings. The number of nitrogens with zero attached hydrogens (tertiary/aromatic N) is 2. The second-order valence-electron chi connectivity index (χ2n) is 3.90. The van der Waals surface area contributed by atoms with Crippen LogP contribution in [0.5, 0.6) is 0 Å². The van der Waals surface area contributed by atoms with E-state index in [1.165, 1.54) is 0 Å². The number of hydrogen-bond acceptors (Lipinski definition) is 3. The minimum absolute atomic E-state index is 0.639. The van der Waals surface area contributed by atoms with Gasteiger partial charge >= 0.3 is 0 Å². The fraction of sp³-hybridized carbons (Fsp3) is 0.462. The van der Waals surface area contributed by atoms with E-state index in [4.69, 9.17) is 9.47 Å². The Kier molecular flexibility index (Phi) is 5.16. The Morgan fingerprint density at radius 3 is 2.89 bits per heavy atom. The van der Waals surface area contributed by atoms with Gasteiger partial charge in [-0.15, -0.1) is 0 Å². The number of halogens is 1. The van der Waals surface area contributed by atoms with E-state index in [1.807, 2.05) is 29.9 Å². The highest BCUT2D eigenvalue weighted by Crippen LogP contribution is 2.18. The molecule has 0 N–H and O–H groups in total. The summed E-state index contributed by atoms with van der Waals surface area (Å²) in [7, 11) is 0. The van der Waals surface area contributed by atoms with Crippen molar-refractivity contribution in [2.75, 3.05) is 26.4 Å². The van der Waals surface area contributed by atoms with Gasteiger partial charge in [0.25, 0.3) is 0 Å². The van der Waals surface area contributed by atoms with Crippen molar-refractivity contribution < 1.29 is 9.47 Å². The van der Waals surface area contributed by atoms with Crippen LogP contribution in [0.25, 0.3) is 10.9 Å². The van der Waals surface area contributed by atoms with Gasteiger partial charge in [0, 0.05) is 22.7 Å². The summed E-state index contributed by atoms with van der Waals surface area (Å²) in [6.07, 6.45) is 2.03.